The number of nitrogens with zero attached hydrogens (tertiary/aromatic N) is 2. The molecule has 0 N–H and O–H groups in total. The monoisotopic (exact) mass is 450 g/mol. The Morgan fingerprint density at radius 2 is 1.87 bits per heavy atom. The predicted molar refractivity (Wildman–Crippen MR) is 121 cm³/mol. The molecule has 9 heteroatoms. The van der Waals surface area contributed by atoms with Crippen LogP contribution in [0.1, 0.15) is 15.9 Å². The molecule has 0 spiro atoms. The normalized spacial score (nSPS) is 17.5. The molecule has 1 aliphatic carbocycles. The van der Waals surface area contributed by atoms with E-state index in [4.69, 9.17) is 4.74 Å². The number of para-hydroxylation sites is 1. The zero-order valence-electron chi connectivity index (χ0n) is 15.9. The van der Waals surface area contributed by atoms with Gasteiger partial charge < -0.3 is 4.74 Å². The first-order valence-electron chi connectivity index (χ1n) is 9.09. The number of allylic oxidation sites excluding steroid dienone is 5. The fraction of sp³-hybridized carbons (Fsp3) is 0.0455. The van der Waals surface area contributed by atoms with Gasteiger partial charge in [0.15, 0.2) is 18.2 Å². The van der Waals surface area contributed by atoms with E-state index in [2.05, 4.69) is 4.99 Å². The highest BCUT2D eigenvalue weighted by molar-refractivity contribution is 8.84. The molecule has 2 aliphatic rings. The smallest absolute Gasteiger partial charge is 0.270 e. The van der Waals surface area contributed by atoms with E-state index < -0.39 is 4.92 Å². The van der Waals surface area contributed by atoms with E-state index in [0.717, 1.165) is 0 Å². The Kier molecular flexibility index (Phi) is 6.15. The van der Waals surface area contributed by atoms with Crippen molar-refractivity contribution >= 4 is 43.9 Å². The summed E-state index contributed by atoms with van der Waals surface area (Å²) in [7, 11) is 2.80. The van der Waals surface area contributed by atoms with Crippen LogP contribution < -0.4 is 4.74 Å². The molecule has 31 heavy (non-hydrogen) atoms. The van der Waals surface area contributed by atoms with Crippen LogP contribution in [0.5, 0.6) is 5.75 Å². The number of hydrogen-bond acceptors (Lipinski definition) is 8. The van der Waals surface area contributed by atoms with Gasteiger partial charge >= 0.3 is 0 Å². The third kappa shape index (κ3) is 4.68. The Morgan fingerprint density at radius 3 is 2.68 bits per heavy atom. The molecule has 0 aromatic heterocycles. The number of hydrogen-bond donors (Lipinski definition) is 0. The van der Waals surface area contributed by atoms with Crippen molar-refractivity contribution in [3.63, 3.8) is 0 Å². The van der Waals surface area contributed by atoms with E-state index in [0.29, 0.717) is 27.0 Å². The summed E-state index contributed by atoms with van der Waals surface area (Å²) in [5.74, 6) is -0.00565. The summed E-state index contributed by atoms with van der Waals surface area (Å²) in [4.78, 5) is 39.5. The summed E-state index contributed by atoms with van der Waals surface area (Å²) in [5, 5.41) is 12.2. The Bertz CT molecular complexity index is 1210. The van der Waals surface area contributed by atoms with Gasteiger partial charge in [0.2, 0.25) is 0 Å². The molecule has 0 saturated carbocycles. The molecule has 0 unspecified atom stereocenters. The average molecular weight is 450 g/mol. The first-order chi connectivity index (χ1) is 15.0. The Hall–Kier alpha value is -3.43. The summed E-state index contributed by atoms with van der Waals surface area (Å²) in [6, 6.07) is 12.7. The van der Waals surface area contributed by atoms with Crippen molar-refractivity contribution in [2.24, 2.45) is 4.99 Å². The summed E-state index contributed by atoms with van der Waals surface area (Å²) < 4.78 is 5.74. The number of ether oxygens (including phenoxy) is 1. The summed E-state index contributed by atoms with van der Waals surface area (Å²) >= 11 is 0. The van der Waals surface area contributed by atoms with Gasteiger partial charge in [0.05, 0.1) is 10.5 Å². The lowest BCUT2D eigenvalue weighted by atomic mass is 10.1. The quantitative estimate of drug-likeness (QED) is 0.203. The zero-order chi connectivity index (χ0) is 21.8. The third-order valence-electron chi connectivity index (χ3n) is 4.38. The van der Waals surface area contributed by atoms with Crippen molar-refractivity contribution in [1.82, 2.24) is 0 Å². The van der Waals surface area contributed by atoms with Gasteiger partial charge in [0, 0.05) is 23.3 Å². The van der Waals surface area contributed by atoms with Crippen molar-refractivity contribution in [1.29, 1.82) is 0 Å². The number of aliphatic imine (C=N–C) groups is 1. The largest absolute Gasteiger partial charge is 0.485 e. The number of non-ortho nitro benzene ring substituents is 1. The van der Waals surface area contributed by atoms with E-state index in [1.165, 1.54) is 51.9 Å². The minimum atomic E-state index is -0.547. The number of rotatable bonds is 6. The molecule has 0 radical (unpaired) electrons. The van der Waals surface area contributed by atoms with Crippen LogP contribution in [0.2, 0.25) is 0 Å². The second kappa shape index (κ2) is 9.15. The lowest BCUT2D eigenvalue weighted by Gasteiger charge is -2.10. The lowest BCUT2D eigenvalue weighted by Crippen LogP contribution is -2.13. The Balaban J connectivity index is 1.53. The predicted octanol–water partition coefficient (Wildman–Crippen LogP) is 4.90. The van der Waals surface area contributed by atoms with Crippen LogP contribution in [0.3, 0.4) is 0 Å². The number of benzene rings is 2. The number of carbonyl (C=O) groups is 2. The molecule has 4 rings (SSSR count). The number of nitro benzene ring substituents is 1. The number of ketones is 2. The van der Waals surface area contributed by atoms with Crippen LogP contribution in [-0.2, 0) is 4.79 Å². The number of carbonyl (C=O) groups excluding carboxylic acids is 2. The highest BCUT2D eigenvalue weighted by Gasteiger charge is 2.23. The minimum absolute atomic E-state index is 0.0947. The van der Waals surface area contributed by atoms with Gasteiger partial charge in [-0.25, -0.2) is 4.99 Å². The zero-order valence-corrected chi connectivity index (χ0v) is 17.5. The molecule has 2 aromatic carbocycles. The lowest BCUT2D eigenvalue weighted by molar-refractivity contribution is -0.384. The molecule has 7 nitrogen and oxygen atoms in total. The van der Waals surface area contributed by atoms with Gasteiger partial charge in [-0.3, -0.25) is 19.7 Å². The molecule has 0 amide bonds. The van der Waals surface area contributed by atoms with Gasteiger partial charge in [-0.15, -0.1) is 0 Å². The fourth-order valence-electron chi connectivity index (χ4n) is 2.85. The maximum Gasteiger partial charge on any atom is 0.270 e. The average Bonchev–Trinajstić information content (AvgIpc) is 3.28. The van der Waals surface area contributed by atoms with E-state index in [1.54, 1.807) is 30.4 Å². The van der Waals surface area contributed by atoms with Crippen LogP contribution in [0.25, 0.3) is 0 Å². The van der Waals surface area contributed by atoms with E-state index >= 15 is 0 Å². The molecule has 154 valence electrons. The van der Waals surface area contributed by atoms with Crippen molar-refractivity contribution < 1.29 is 19.2 Å². The Labute approximate surface area is 185 Å². The van der Waals surface area contributed by atoms with Crippen molar-refractivity contribution in [2.45, 2.75) is 0 Å². The van der Waals surface area contributed by atoms with Crippen LogP contribution >= 0.6 is 21.6 Å². The van der Waals surface area contributed by atoms with Gasteiger partial charge in [-0.1, -0.05) is 36.4 Å². The molecular weight excluding hydrogens is 436 g/mol. The first-order valence-corrected chi connectivity index (χ1v) is 11.2. The molecule has 0 saturated heterocycles. The molecule has 1 aliphatic heterocycles. The molecule has 2 aromatic rings. The van der Waals surface area contributed by atoms with Gasteiger partial charge in [-0.2, -0.15) is 0 Å². The van der Waals surface area contributed by atoms with Gasteiger partial charge in [0.25, 0.3) is 5.69 Å². The second-order valence-electron chi connectivity index (χ2n) is 6.40. The van der Waals surface area contributed by atoms with Crippen LogP contribution in [0.15, 0.2) is 88.4 Å². The highest BCUT2D eigenvalue weighted by Crippen LogP contribution is 2.45. The topological polar surface area (TPSA) is 98.9 Å². The van der Waals surface area contributed by atoms with Gasteiger partial charge in [-0.05, 0) is 45.9 Å². The number of nitro groups is 1. The second-order valence-corrected chi connectivity index (χ2v) is 8.51. The summed E-state index contributed by atoms with van der Waals surface area (Å²) in [6.07, 6.45) is 6.71. The third-order valence-corrected chi connectivity index (χ3v) is 6.59. The maximum atomic E-state index is 12.5. The maximum absolute atomic E-state index is 12.5. The van der Waals surface area contributed by atoms with Crippen molar-refractivity contribution in [2.75, 3.05) is 6.61 Å². The highest BCUT2D eigenvalue weighted by atomic mass is 33.1. The van der Waals surface area contributed by atoms with Crippen LogP contribution in [0.4, 0.5) is 5.69 Å². The molecular formula is C22H14N2O5S2. The SMILES string of the molecule is O=C1C=CC=C/C1=C1\N=C(c2ccccc2OCC(=O)c2cccc([N+](=O)[O-])c2)SS1. The molecule has 0 fully saturated rings. The van der Waals surface area contributed by atoms with E-state index in [-0.39, 0.29) is 29.4 Å². The standard InChI is InChI=1S/C22H14N2O5S2/c25-18-10-3-1-8-16(18)21-23-22(31-30-21)17-9-2-4-11-20(17)29-13-19(26)14-6-5-7-15(12-14)24(27)28/h1-12H,13H2/b21-16-. The van der Waals surface area contributed by atoms with E-state index in [9.17, 15) is 19.7 Å². The van der Waals surface area contributed by atoms with Crippen molar-refractivity contribution in [3.8, 4) is 5.75 Å². The van der Waals surface area contributed by atoms with Crippen LogP contribution in [-0.4, -0.2) is 28.1 Å². The number of Topliss-reactive ketones (excluding diaryl/α,β-unsaturated/α-hetero) is 1. The summed E-state index contributed by atoms with van der Waals surface area (Å²) in [6.45, 7) is -0.275. The van der Waals surface area contributed by atoms with Gasteiger partial charge in [0.1, 0.15) is 15.8 Å². The Morgan fingerprint density at radius 1 is 1.06 bits per heavy atom. The van der Waals surface area contributed by atoms with Crippen molar-refractivity contribution in [3.05, 3.63) is 105 Å². The fourth-order valence-corrected chi connectivity index (χ4v) is 5.08. The molecule has 0 bridgehead atoms. The minimum Gasteiger partial charge on any atom is -0.485 e. The van der Waals surface area contributed by atoms with E-state index in [1.807, 2.05) is 12.1 Å². The molecule has 0 atom stereocenters. The summed E-state index contributed by atoms with van der Waals surface area (Å²) in [5.41, 5.74) is 1.29. The first kappa shape index (κ1) is 20.8. The molecule has 1 heterocycles. The van der Waals surface area contributed by atoms with Crippen LogP contribution in [0, 0.1) is 10.1 Å².